The van der Waals surface area contributed by atoms with Crippen LogP contribution in [0.2, 0.25) is 0 Å². The summed E-state index contributed by atoms with van der Waals surface area (Å²) in [6, 6.07) is 12.2. The third-order valence-corrected chi connectivity index (χ3v) is 6.43. The number of pyridine rings is 1. The van der Waals surface area contributed by atoms with Gasteiger partial charge in [0, 0.05) is 18.3 Å². The van der Waals surface area contributed by atoms with Gasteiger partial charge in [-0.15, -0.1) is 0 Å². The fourth-order valence-electron chi connectivity index (χ4n) is 3.23. The predicted molar refractivity (Wildman–Crippen MR) is 109 cm³/mol. The summed E-state index contributed by atoms with van der Waals surface area (Å²) in [6.07, 6.45) is 1.38. The van der Waals surface area contributed by atoms with E-state index in [1.807, 2.05) is 39.0 Å². The number of nitrogens with zero attached hydrogens (tertiary/aromatic N) is 3. The summed E-state index contributed by atoms with van der Waals surface area (Å²) in [5.41, 5.74) is 2.41. The van der Waals surface area contributed by atoms with Gasteiger partial charge in [0.1, 0.15) is 16.5 Å². The van der Waals surface area contributed by atoms with Crippen molar-refractivity contribution in [3.63, 3.8) is 0 Å². The highest BCUT2D eigenvalue weighted by Gasteiger charge is 2.24. The number of rotatable bonds is 7. The minimum absolute atomic E-state index is 0.0716. The van der Waals surface area contributed by atoms with E-state index in [0.29, 0.717) is 18.1 Å². The molecule has 0 amide bonds. The lowest BCUT2D eigenvalue weighted by Gasteiger charge is -2.23. The van der Waals surface area contributed by atoms with Crippen molar-refractivity contribution in [3.05, 3.63) is 65.7 Å². The van der Waals surface area contributed by atoms with Crippen molar-refractivity contribution in [2.75, 3.05) is 16.2 Å². The van der Waals surface area contributed by atoms with Gasteiger partial charge >= 0.3 is 0 Å². The molecule has 2 heterocycles. The van der Waals surface area contributed by atoms with Crippen LogP contribution < -0.4 is 9.62 Å². The van der Waals surface area contributed by atoms with Crippen LogP contribution in [0.3, 0.4) is 0 Å². The Labute approximate surface area is 165 Å². The van der Waals surface area contributed by atoms with Gasteiger partial charge in [-0.25, -0.2) is 13.4 Å². The van der Waals surface area contributed by atoms with Gasteiger partial charge in [-0.1, -0.05) is 23.4 Å². The molecule has 8 heteroatoms. The molecule has 0 bridgehead atoms. The number of hydrogen-bond acceptors (Lipinski definition) is 6. The number of nitrogens with one attached hydrogen (secondary N) is 1. The Morgan fingerprint density at radius 3 is 2.39 bits per heavy atom. The van der Waals surface area contributed by atoms with Crippen molar-refractivity contribution in [2.24, 2.45) is 0 Å². The molecule has 1 unspecified atom stereocenters. The van der Waals surface area contributed by atoms with Crippen molar-refractivity contribution >= 4 is 21.5 Å². The molecule has 3 rings (SSSR count). The Morgan fingerprint density at radius 2 is 1.86 bits per heavy atom. The van der Waals surface area contributed by atoms with Gasteiger partial charge in [0.05, 0.1) is 17.4 Å². The van der Waals surface area contributed by atoms with Crippen LogP contribution in [0.25, 0.3) is 0 Å². The van der Waals surface area contributed by atoms with E-state index in [0.717, 1.165) is 17.0 Å². The van der Waals surface area contributed by atoms with E-state index in [4.69, 9.17) is 4.52 Å². The summed E-state index contributed by atoms with van der Waals surface area (Å²) in [5, 5.41) is 7.22. The zero-order valence-corrected chi connectivity index (χ0v) is 17.2. The molecule has 1 aromatic carbocycles. The summed E-state index contributed by atoms with van der Waals surface area (Å²) >= 11 is 0. The molecular formula is C20H24N4O3S. The molecule has 0 saturated heterocycles. The first kappa shape index (κ1) is 19.9. The maximum absolute atomic E-state index is 13.0. The predicted octanol–water partition coefficient (Wildman–Crippen LogP) is 4.07. The highest BCUT2D eigenvalue weighted by atomic mass is 32.2. The molecular weight excluding hydrogens is 376 g/mol. The van der Waals surface area contributed by atoms with Gasteiger partial charge in [-0.2, -0.15) is 0 Å². The molecule has 3 aromatic rings. The molecule has 28 heavy (non-hydrogen) atoms. The van der Waals surface area contributed by atoms with Gasteiger partial charge in [0.15, 0.2) is 0 Å². The summed E-state index contributed by atoms with van der Waals surface area (Å²) in [7, 11) is -3.69. The molecule has 0 aliphatic rings. The van der Waals surface area contributed by atoms with Crippen molar-refractivity contribution < 1.29 is 12.9 Å². The largest absolute Gasteiger partial charge is 0.363 e. The maximum Gasteiger partial charge on any atom is 0.265 e. The SMILES string of the molecule is CCN(c1ccccc1)S(=O)(=O)c1ccc(NC(C)c2c(C)noc2C)nc1. The molecule has 148 valence electrons. The van der Waals surface area contributed by atoms with Crippen LogP contribution in [0, 0.1) is 13.8 Å². The smallest absolute Gasteiger partial charge is 0.265 e. The first-order valence-electron chi connectivity index (χ1n) is 9.07. The molecule has 0 spiro atoms. The third kappa shape index (κ3) is 3.87. The fourth-order valence-corrected chi connectivity index (χ4v) is 4.65. The third-order valence-electron chi connectivity index (χ3n) is 4.54. The molecule has 0 aliphatic carbocycles. The van der Waals surface area contributed by atoms with Crippen LogP contribution in [0.4, 0.5) is 11.5 Å². The van der Waals surface area contributed by atoms with Crippen molar-refractivity contribution in [3.8, 4) is 0 Å². The van der Waals surface area contributed by atoms with Gasteiger partial charge in [-0.05, 0) is 52.0 Å². The van der Waals surface area contributed by atoms with E-state index < -0.39 is 10.0 Å². The average molecular weight is 401 g/mol. The van der Waals surface area contributed by atoms with E-state index in [1.165, 1.54) is 10.5 Å². The zero-order valence-electron chi connectivity index (χ0n) is 16.4. The summed E-state index contributed by atoms with van der Waals surface area (Å²) in [6.45, 7) is 7.86. The minimum Gasteiger partial charge on any atom is -0.363 e. The number of sulfonamides is 1. The lowest BCUT2D eigenvalue weighted by Crippen LogP contribution is -2.30. The molecule has 0 saturated carbocycles. The summed E-state index contributed by atoms with van der Waals surface area (Å²) < 4.78 is 32.6. The second kappa shape index (κ2) is 8.02. The molecule has 7 nitrogen and oxygen atoms in total. The Kier molecular flexibility index (Phi) is 5.69. The van der Waals surface area contributed by atoms with E-state index in [2.05, 4.69) is 15.5 Å². The first-order chi connectivity index (χ1) is 13.3. The number of anilines is 2. The molecule has 0 fully saturated rings. The number of hydrogen-bond donors (Lipinski definition) is 1. The summed E-state index contributed by atoms with van der Waals surface area (Å²) in [4.78, 5) is 4.44. The molecule has 1 N–H and O–H groups in total. The quantitative estimate of drug-likeness (QED) is 0.643. The molecule has 2 aromatic heterocycles. The molecule has 0 aliphatic heterocycles. The minimum atomic E-state index is -3.69. The Morgan fingerprint density at radius 1 is 1.14 bits per heavy atom. The zero-order chi connectivity index (χ0) is 20.3. The number of benzene rings is 1. The second-order valence-electron chi connectivity index (χ2n) is 6.49. The van der Waals surface area contributed by atoms with E-state index in [-0.39, 0.29) is 10.9 Å². The maximum atomic E-state index is 13.0. The average Bonchev–Trinajstić information content (AvgIpc) is 3.02. The Balaban J connectivity index is 1.81. The van der Waals surface area contributed by atoms with Crippen molar-refractivity contribution in [1.82, 2.24) is 10.1 Å². The van der Waals surface area contributed by atoms with Crippen LogP contribution in [0.15, 0.2) is 58.1 Å². The van der Waals surface area contributed by atoms with Gasteiger partial charge < -0.3 is 9.84 Å². The van der Waals surface area contributed by atoms with Crippen LogP contribution >= 0.6 is 0 Å². The number of para-hydroxylation sites is 1. The standard InChI is InChI=1S/C20H24N4O3S/c1-5-24(17-9-7-6-8-10-17)28(25,26)18-11-12-19(21-13-18)22-14(2)20-15(3)23-27-16(20)4/h6-14H,5H2,1-4H3,(H,21,22). The van der Waals surface area contributed by atoms with Crippen molar-refractivity contribution in [1.29, 1.82) is 0 Å². The topological polar surface area (TPSA) is 88.3 Å². The lowest BCUT2D eigenvalue weighted by molar-refractivity contribution is 0.392. The molecule has 0 radical (unpaired) electrons. The second-order valence-corrected chi connectivity index (χ2v) is 8.35. The van der Waals surface area contributed by atoms with Crippen molar-refractivity contribution in [2.45, 2.75) is 38.6 Å². The van der Waals surface area contributed by atoms with Gasteiger partial charge in [-0.3, -0.25) is 4.31 Å². The van der Waals surface area contributed by atoms with Gasteiger partial charge in [0.25, 0.3) is 10.0 Å². The van der Waals surface area contributed by atoms with Crippen LogP contribution in [0.1, 0.15) is 36.9 Å². The van der Waals surface area contributed by atoms with E-state index >= 15 is 0 Å². The number of aryl methyl sites for hydroxylation is 2. The normalized spacial score (nSPS) is 12.6. The van der Waals surface area contributed by atoms with E-state index in [1.54, 1.807) is 31.2 Å². The monoisotopic (exact) mass is 400 g/mol. The Hall–Kier alpha value is -2.87. The van der Waals surface area contributed by atoms with Crippen LogP contribution in [0.5, 0.6) is 0 Å². The summed E-state index contributed by atoms with van der Waals surface area (Å²) in [5.74, 6) is 1.33. The highest BCUT2D eigenvalue weighted by molar-refractivity contribution is 7.92. The number of aromatic nitrogens is 2. The van der Waals surface area contributed by atoms with Crippen LogP contribution in [-0.4, -0.2) is 25.1 Å². The molecule has 1 atom stereocenters. The fraction of sp³-hybridized carbons (Fsp3) is 0.300. The Bertz CT molecular complexity index is 1010. The highest BCUT2D eigenvalue weighted by Crippen LogP contribution is 2.26. The van der Waals surface area contributed by atoms with Gasteiger partial charge in [0.2, 0.25) is 0 Å². The van der Waals surface area contributed by atoms with Crippen LogP contribution in [-0.2, 0) is 10.0 Å². The lowest BCUT2D eigenvalue weighted by atomic mass is 10.1. The van der Waals surface area contributed by atoms with E-state index in [9.17, 15) is 8.42 Å². The first-order valence-corrected chi connectivity index (χ1v) is 10.5.